The Morgan fingerprint density at radius 2 is 0.792 bits per heavy atom. The van der Waals surface area contributed by atoms with Crippen molar-refractivity contribution in [1.29, 1.82) is 0 Å². The van der Waals surface area contributed by atoms with Gasteiger partial charge in [-0.15, -0.1) is 0 Å². The molecule has 6 saturated heterocycles. The number of carbonyl (C=O) groups excluding carboxylic acids is 2. The Morgan fingerprint density at radius 1 is 0.389 bits per heavy atom. The molecule has 0 saturated carbocycles. The summed E-state index contributed by atoms with van der Waals surface area (Å²) in [5.41, 5.74) is 0. The monoisotopic (exact) mass is 1060 g/mol. The molecule has 32 nitrogen and oxygen atoms in total. The van der Waals surface area contributed by atoms with Crippen LogP contribution in [0, 0.1) is 0 Å². The van der Waals surface area contributed by atoms with E-state index >= 15 is 0 Å². The molecule has 6 heterocycles. The third kappa shape index (κ3) is 12.8. The maximum atomic E-state index is 12.7. The summed E-state index contributed by atoms with van der Waals surface area (Å²) in [4.78, 5) is 24.8. The third-order valence-electron chi connectivity index (χ3n) is 13.2. The number of nitrogens with one attached hydrogen (secondary N) is 2. The highest BCUT2D eigenvalue weighted by Gasteiger charge is 2.57. The van der Waals surface area contributed by atoms with Crippen LogP contribution in [-0.2, 0) is 61.7 Å². The molecule has 0 aromatic heterocycles. The molecule has 0 aromatic rings. The molecule has 0 radical (unpaired) electrons. The molecule has 0 unspecified atom stereocenters. The average molecular weight is 1060 g/mol. The van der Waals surface area contributed by atoms with Gasteiger partial charge in [-0.3, -0.25) is 9.59 Å². The van der Waals surface area contributed by atoms with Crippen LogP contribution in [0.4, 0.5) is 0 Å². The fourth-order valence-electron chi connectivity index (χ4n) is 9.06. The van der Waals surface area contributed by atoms with Gasteiger partial charge in [0, 0.05) is 13.8 Å². The van der Waals surface area contributed by atoms with Crippen LogP contribution in [0.2, 0.25) is 0 Å². The zero-order chi connectivity index (χ0) is 53.2. The first-order valence-electron chi connectivity index (χ1n) is 23.0. The Kier molecular flexibility index (Phi) is 20.8. The Bertz CT molecular complexity index is 1730. The standard InChI is InChI=1S/C40H68N2O30/c1-9-19(48)25(54)28(57)37(64-9)63-8-16-33(23(52)17(35(61)65-16)41-10(2)46)70-36-18(42-11(3)47)24(53)32(14(6-45)68-36)71-40-31(60)34(72-39-30(59)27(56)21(50)13(5-44)67-39)22(51)15(69-40)7-62-38-29(58)26(55)20(49)12(4-43)66-38/h9,12-40,43-45,48-61H,4-8H2,1-3H3,(H,41,46)(H,42,47)/t9-,12+,13+,14+,15+,16+,17+,18+,19+,20+,21+,22+,23+,24+,25+,26-,27-,28-,29-,30-,31-,32+,33+,34-,35+,36-,37+,38-,39+,40+/m0/s1. The topological polar surface area (TPSA) is 504 Å². The highest BCUT2D eigenvalue weighted by atomic mass is 16.8. The maximum Gasteiger partial charge on any atom is 0.217 e. The van der Waals surface area contributed by atoms with E-state index in [0.29, 0.717) is 0 Å². The Labute approximate surface area is 408 Å². The number of aliphatic hydroxyl groups is 17. The smallest absolute Gasteiger partial charge is 0.217 e. The van der Waals surface area contributed by atoms with Crippen molar-refractivity contribution >= 4 is 11.8 Å². The SMILES string of the molecule is CC(=O)N[C@@H]1[C@@H](O)[C@H](O[C@@H]2O[C@H](CO)[C@@H](O[C@H]3O[C@H](CO[C@H]4O[C@H](CO)[C@@H](O)[C@H](O)[C@@H]4O)[C@@H](O)[C@H](O[C@H]4O[C@H](CO)[C@@H](O)[C@H](O)[C@@H]4O)[C@@H]3O)[C@H](O)[C@H]2NC(C)=O)[C@@H](CO[C@@H]2O[C@@H](C)[C@@H](O)[C@@H](O)[C@@H]2O)O[C@H]1O. The van der Waals surface area contributed by atoms with E-state index in [4.69, 9.17) is 52.1 Å². The lowest BCUT2D eigenvalue weighted by atomic mass is 9.94. The number of hydrogen-bond acceptors (Lipinski definition) is 30. The predicted molar refractivity (Wildman–Crippen MR) is 221 cm³/mol. The number of carbonyl (C=O) groups is 2. The van der Waals surface area contributed by atoms with Crippen LogP contribution in [0.5, 0.6) is 0 Å². The van der Waals surface area contributed by atoms with Gasteiger partial charge in [-0.25, -0.2) is 0 Å². The van der Waals surface area contributed by atoms with Gasteiger partial charge in [0.25, 0.3) is 0 Å². The highest BCUT2D eigenvalue weighted by molar-refractivity contribution is 5.73. The van der Waals surface area contributed by atoms with Crippen LogP contribution in [0.3, 0.4) is 0 Å². The second-order valence-corrected chi connectivity index (χ2v) is 18.3. The zero-order valence-corrected chi connectivity index (χ0v) is 38.8. The van der Waals surface area contributed by atoms with Crippen molar-refractivity contribution in [1.82, 2.24) is 10.6 Å². The van der Waals surface area contributed by atoms with Crippen molar-refractivity contribution in [2.75, 3.05) is 33.0 Å². The molecule has 0 aromatic carbocycles. The summed E-state index contributed by atoms with van der Waals surface area (Å²) in [5, 5.41) is 186. The van der Waals surface area contributed by atoms with Crippen molar-refractivity contribution in [2.45, 2.75) is 205 Å². The summed E-state index contributed by atoms with van der Waals surface area (Å²) in [5.74, 6) is -1.60. The van der Waals surface area contributed by atoms with Gasteiger partial charge in [-0.2, -0.15) is 0 Å². The second kappa shape index (κ2) is 25.3. The normalized spacial score (nSPS) is 50.3. The molecular weight excluding hydrogens is 988 g/mol. The number of aliphatic hydroxyl groups excluding tert-OH is 17. The Balaban J connectivity index is 1.26. The van der Waals surface area contributed by atoms with E-state index in [1.54, 1.807) is 0 Å². The van der Waals surface area contributed by atoms with Gasteiger partial charge in [0.05, 0.1) is 39.1 Å². The average Bonchev–Trinajstić information content (AvgIpc) is 3.34. The first kappa shape index (κ1) is 59.1. The van der Waals surface area contributed by atoms with Gasteiger partial charge in [0.15, 0.2) is 37.7 Å². The van der Waals surface area contributed by atoms with E-state index in [1.165, 1.54) is 6.92 Å². The molecule has 32 heteroatoms. The minimum absolute atomic E-state index is 0.728. The van der Waals surface area contributed by atoms with Crippen molar-refractivity contribution in [3.8, 4) is 0 Å². The van der Waals surface area contributed by atoms with E-state index in [0.717, 1.165) is 13.8 Å². The fourth-order valence-corrected chi connectivity index (χ4v) is 9.06. The van der Waals surface area contributed by atoms with Crippen LogP contribution in [0.1, 0.15) is 20.8 Å². The van der Waals surface area contributed by atoms with Gasteiger partial charge in [0.1, 0.15) is 140 Å². The lowest BCUT2D eigenvalue weighted by molar-refractivity contribution is -0.384. The van der Waals surface area contributed by atoms with Gasteiger partial charge >= 0.3 is 0 Å². The largest absolute Gasteiger partial charge is 0.394 e. The third-order valence-corrected chi connectivity index (χ3v) is 13.2. The highest BCUT2D eigenvalue weighted by Crippen LogP contribution is 2.36. The molecule has 6 fully saturated rings. The molecule has 418 valence electrons. The molecule has 2 amide bonds. The number of hydrogen-bond donors (Lipinski definition) is 19. The number of amides is 2. The summed E-state index contributed by atoms with van der Waals surface area (Å²) in [6, 6.07) is -3.40. The second-order valence-electron chi connectivity index (χ2n) is 18.3. The van der Waals surface area contributed by atoms with Crippen molar-refractivity contribution < 1.29 is 149 Å². The van der Waals surface area contributed by atoms with E-state index < -0.39 is 229 Å². The molecule has 30 atom stereocenters. The molecule has 0 spiro atoms. The van der Waals surface area contributed by atoms with Crippen molar-refractivity contribution in [3.63, 3.8) is 0 Å². The lowest BCUT2D eigenvalue weighted by Gasteiger charge is -2.50. The zero-order valence-electron chi connectivity index (χ0n) is 38.8. The Hall–Kier alpha value is -2.18. The molecule has 72 heavy (non-hydrogen) atoms. The van der Waals surface area contributed by atoms with Gasteiger partial charge < -0.3 is 150 Å². The summed E-state index contributed by atoms with van der Waals surface area (Å²) >= 11 is 0. The summed E-state index contributed by atoms with van der Waals surface area (Å²) < 4.78 is 62.8. The number of ether oxygens (including phenoxy) is 11. The molecule has 6 aliphatic rings. The Morgan fingerprint density at radius 3 is 1.35 bits per heavy atom. The van der Waals surface area contributed by atoms with E-state index in [2.05, 4.69) is 10.6 Å². The summed E-state index contributed by atoms with van der Waals surface area (Å²) in [6.07, 6.45) is -51.4. The molecule has 0 bridgehead atoms. The lowest BCUT2D eigenvalue weighted by Crippen LogP contribution is -2.70. The van der Waals surface area contributed by atoms with Gasteiger partial charge in [-0.05, 0) is 6.92 Å². The molecule has 0 aliphatic carbocycles. The first-order chi connectivity index (χ1) is 33.9. The van der Waals surface area contributed by atoms with Crippen molar-refractivity contribution in [3.05, 3.63) is 0 Å². The molecule has 19 N–H and O–H groups in total. The fraction of sp³-hybridized carbons (Fsp3) is 0.950. The molecular formula is C40H68N2O30. The number of rotatable bonds is 17. The minimum atomic E-state index is -2.23. The van der Waals surface area contributed by atoms with E-state index in [1.807, 2.05) is 0 Å². The van der Waals surface area contributed by atoms with Crippen LogP contribution >= 0.6 is 0 Å². The van der Waals surface area contributed by atoms with Crippen molar-refractivity contribution in [2.24, 2.45) is 0 Å². The van der Waals surface area contributed by atoms with Crippen LogP contribution < -0.4 is 10.6 Å². The summed E-state index contributed by atoms with van der Waals surface area (Å²) in [7, 11) is 0. The quantitative estimate of drug-likeness (QED) is 0.0643. The summed E-state index contributed by atoms with van der Waals surface area (Å²) in [6.45, 7) is -1.00. The van der Waals surface area contributed by atoms with Gasteiger partial charge in [-0.1, -0.05) is 0 Å². The first-order valence-corrected chi connectivity index (χ1v) is 23.0. The van der Waals surface area contributed by atoms with Crippen LogP contribution in [-0.4, -0.2) is 316 Å². The minimum Gasteiger partial charge on any atom is -0.394 e. The van der Waals surface area contributed by atoms with Crippen LogP contribution in [0.25, 0.3) is 0 Å². The maximum absolute atomic E-state index is 12.7. The van der Waals surface area contributed by atoms with Gasteiger partial charge in [0.2, 0.25) is 11.8 Å². The predicted octanol–water partition coefficient (Wildman–Crippen LogP) is -12.8. The molecule has 6 aliphatic heterocycles. The van der Waals surface area contributed by atoms with E-state index in [9.17, 15) is 96.4 Å². The molecule has 6 rings (SSSR count). The van der Waals surface area contributed by atoms with Crippen LogP contribution in [0.15, 0.2) is 0 Å². The van der Waals surface area contributed by atoms with E-state index in [-0.39, 0.29) is 0 Å².